The molecule has 1 fully saturated rings. The van der Waals surface area contributed by atoms with Gasteiger partial charge in [-0.1, -0.05) is 36.2 Å². The Hall–Kier alpha value is -3.24. The summed E-state index contributed by atoms with van der Waals surface area (Å²) < 4.78 is 20.3. The van der Waals surface area contributed by atoms with Gasteiger partial charge in [0.2, 0.25) is 11.7 Å². The van der Waals surface area contributed by atoms with Crippen molar-refractivity contribution >= 4 is 29.2 Å². The minimum atomic E-state index is -1.15. The summed E-state index contributed by atoms with van der Waals surface area (Å²) in [6.07, 6.45) is 5.48. The predicted octanol–water partition coefficient (Wildman–Crippen LogP) is 5.21. The molecule has 0 aliphatic carbocycles. The first-order chi connectivity index (χ1) is 18.0. The van der Waals surface area contributed by atoms with Crippen molar-refractivity contribution in [3.05, 3.63) is 83.0 Å². The molecule has 0 spiro atoms. The van der Waals surface area contributed by atoms with Gasteiger partial charge in [0.15, 0.2) is 0 Å². The molecule has 5 rings (SSSR count). The van der Waals surface area contributed by atoms with Crippen LogP contribution in [0.15, 0.2) is 67.4 Å². The average molecular weight is 541 g/mol. The van der Waals surface area contributed by atoms with Crippen molar-refractivity contribution in [1.29, 1.82) is 0 Å². The quantitative estimate of drug-likeness (QED) is 0.292. The smallest absolute Gasteiger partial charge is 0.223 e. The molecule has 3 heterocycles. The lowest BCUT2D eigenvalue weighted by molar-refractivity contribution is -0.190. The lowest BCUT2D eigenvalue weighted by atomic mass is 10.1. The van der Waals surface area contributed by atoms with E-state index in [2.05, 4.69) is 32.3 Å². The van der Waals surface area contributed by atoms with Crippen molar-refractivity contribution in [2.75, 3.05) is 25.1 Å². The van der Waals surface area contributed by atoms with Gasteiger partial charge in [0.25, 0.3) is 0 Å². The van der Waals surface area contributed by atoms with E-state index in [0.29, 0.717) is 40.5 Å². The van der Waals surface area contributed by atoms with Gasteiger partial charge in [-0.3, -0.25) is 0 Å². The van der Waals surface area contributed by atoms with Gasteiger partial charge in [-0.2, -0.15) is 5.10 Å². The highest BCUT2D eigenvalue weighted by molar-refractivity contribution is 6.35. The van der Waals surface area contributed by atoms with Crippen LogP contribution in [0.4, 0.5) is 5.95 Å². The van der Waals surface area contributed by atoms with E-state index in [4.69, 9.17) is 37.4 Å². The molecule has 1 aliphatic heterocycles. The number of benzene rings is 2. The Bertz CT molecular complexity index is 1320. The summed E-state index contributed by atoms with van der Waals surface area (Å²) in [5.41, 5.74) is 2.47. The van der Waals surface area contributed by atoms with E-state index in [0.717, 1.165) is 24.2 Å². The van der Waals surface area contributed by atoms with Crippen molar-refractivity contribution in [3.8, 4) is 17.0 Å². The first-order valence-electron chi connectivity index (χ1n) is 11.9. The molecule has 37 heavy (non-hydrogen) atoms. The largest absolute Gasteiger partial charge is 0.491 e. The Labute approximate surface area is 224 Å². The fourth-order valence-corrected chi connectivity index (χ4v) is 4.59. The summed E-state index contributed by atoms with van der Waals surface area (Å²) in [6.45, 7) is 3.81. The molecule has 4 aromatic rings. The van der Waals surface area contributed by atoms with Crippen molar-refractivity contribution in [2.24, 2.45) is 0 Å². The Morgan fingerprint density at radius 3 is 2.78 bits per heavy atom. The SMILES string of the molecule is CCCNc1nccc(-c2ccc(OCC3COC(Cn4cncn4)(c4ccc(Cl)cc4Cl)O3)cc2)n1. The fraction of sp³-hybridized carbons (Fsp3) is 0.308. The maximum Gasteiger partial charge on any atom is 0.223 e. The van der Waals surface area contributed by atoms with E-state index in [-0.39, 0.29) is 12.6 Å². The van der Waals surface area contributed by atoms with E-state index in [1.807, 2.05) is 30.3 Å². The Kier molecular flexibility index (Phi) is 7.85. The van der Waals surface area contributed by atoms with Gasteiger partial charge in [-0.05, 0) is 48.9 Å². The van der Waals surface area contributed by atoms with E-state index in [9.17, 15) is 0 Å². The zero-order chi connectivity index (χ0) is 25.7. The van der Waals surface area contributed by atoms with Crippen molar-refractivity contribution in [1.82, 2.24) is 24.7 Å². The molecule has 1 saturated heterocycles. The topological polar surface area (TPSA) is 96.2 Å². The van der Waals surface area contributed by atoms with Crippen LogP contribution in [0.1, 0.15) is 18.9 Å². The molecule has 2 atom stereocenters. The summed E-state index contributed by atoms with van der Waals surface area (Å²) in [7, 11) is 0. The summed E-state index contributed by atoms with van der Waals surface area (Å²) in [4.78, 5) is 12.9. The van der Waals surface area contributed by atoms with Gasteiger partial charge in [0.05, 0.1) is 17.3 Å². The molecule has 9 nitrogen and oxygen atoms in total. The summed E-state index contributed by atoms with van der Waals surface area (Å²) >= 11 is 12.6. The number of ether oxygens (including phenoxy) is 3. The standard InChI is InChI=1S/C26H26Cl2N6O3/c1-2-10-30-25-31-11-9-24(33-25)18-3-6-20(7-4-18)35-13-21-14-36-26(37-21,15-34-17-29-16-32-34)22-8-5-19(27)12-23(22)28/h3-9,11-12,16-17,21H,2,10,13-15H2,1H3,(H,30,31,33). The van der Waals surface area contributed by atoms with Gasteiger partial charge in [-0.15, -0.1) is 0 Å². The molecule has 0 bridgehead atoms. The number of nitrogens with one attached hydrogen (secondary N) is 1. The van der Waals surface area contributed by atoms with Crippen LogP contribution in [0.2, 0.25) is 10.0 Å². The molecule has 0 saturated carbocycles. The van der Waals surface area contributed by atoms with E-state index >= 15 is 0 Å². The zero-order valence-electron chi connectivity index (χ0n) is 20.2. The minimum Gasteiger partial charge on any atom is -0.491 e. The van der Waals surface area contributed by atoms with Crippen LogP contribution >= 0.6 is 23.2 Å². The molecular formula is C26H26Cl2N6O3. The molecule has 2 unspecified atom stereocenters. The number of nitrogens with zero attached hydrogens (tertiary/aromatic N) is 5. The van der Waals surface area contributed by atoms with E-state index in [1.165, 1.54) is 6.33 Å². The van der Waals surface area contributed by atoms with Crippen LogP contribution in [-0.2, 0) is 21.8 Å². The van der Waals surface area contributed by atoms with Crippen LogP contribution in [0.5, 0.6) is 5.75 Å². The van der Waals surface area contributed by atoms with Gasteiger partial charge in [0, 0.05) is 28.9 Å². The highest BCUT2D eigenvalue weighted by Crippen LogP contribution is 2.40. The maximum absolute atomic E-state index is 6.53. The Morgan fingerprint density at radius 2 is 2.03 bits per heavy atom. The third kappa shape index (κ3) is 6.02. The number of rotatable bonds is 10. The Morgan fingerprint density at radius 1 is 1.16 bits per heavy atom. The molecular weight excluding hydrogens is 515 g/mol. The highest BCUT2D eigenvalue weighted by Gasteiger charge is 2.45. The summed E-state index contributed by atoms with van der Waals surface area (Å²) in [6, 6.07) is 14.9. The molecule has 192 valence electrons. The second-order valence-corrected chi connectivity index (χ2v) is 9.39. The van der Waals surface area contributed by atoms with Crippen LogP contribution in [0.25, 0.3) is 11.3 Å². The third-order valence-corrected chi connectivity index (χ3v) is 6.36. The molecule has 0 radical (unpaired) electrons. The molecule has 1 aliphatic rings. The molecule has 2 aromatic carbocycles. The Balaban J connectivity index is 1.25. The number of hydrogen-bond acceptors (Lipinski definition) is 8. The van der Waals surface area contributed by atoms with Crippen molar-refractivity contribution < 1.29 is 14.2 Å². The first kappa shape index (κ1) is 25.4. The molecule has 0 amide bonds. The van der Waals surface area contributed by atoms with E-state index in [1.54, 1.807) is 35.4 Å². The molecule has 11 heteroatoms. The van der Waals surface area contributed by atoms with Gasteiger partial charge < -0.3 is 19.5 Å². The molecule has 2 aromatic heterocycles. The number of aromatic nitrogens is 5. The number of hydrogen-bond donors (Lipinski definition) is 1. The lowest BCUT2D eigenvalue weighted by Crippen LogP contribution is -2.35. The highest BCUT2D eigenvalue weighted by atomic mass is 35.5. The van der Waals surface area contributed by atoms with Gasteiger partial charge >= 0.3 is 0 Å². The number of halogens is 2. The lowest BCUT2D eigenvalue weighted by Gasteiger charge is -2.29. The maximum atomic E-state index is 6.53. The fourth-order valence-electron chi connectivity index (χ4n) is 4.03. The second-order valence-electron chi connectivity index (χ2n) is 8.55. The van der Waals surface area contributed by atoms with Crippen LogP contribution in [0.3, 0.4) is 0 Å². The summed E-state index contributed by atoms with van der Waals surface area (Å²) in [5.74, 6) is 0.182. The summed E-state index contributed by atoms with van der Waals surface area (Å²) in [5, 5.41) is 8.39. The average Bonchev–Trinajstić information content (AvgIpc) is 3.57. The molecule has 1 N–H and O–H groups in total. The monoisotopic (exact) mass is 540 g/mol. The third-order valence-electron chi connectivity index (χ3n) is 5.81. The second kappa shape index (κ2) is 11.4. The van der Waals surface area contributed by atoms with Gasteiger partial charge in [-0.25, -0.2) is 19.6 Å². The minimum absolute atomic E-state index is 0.271. The normalized spacial score (nSPS) is 19.2. The first-order valence-corrected chi connectivity index (χ1v) is 12.7. The van der Waals surface area contributed by atoms with Gasteiger partial charge in [0.1, 0.15) is 37.7 Å². The zero-order valence-corrected chi connectivity index (χ0v) is 21.7. The van der Waals surface area contributed by atoms with Crippen molar-refractivity contribution in [3.63, 3.8) is 0 Å². The van der Waals surface area contributed by atoms with E-state index < -0.39 is 5.79 Å². The van der Waals surface area contributed by atoms with Crippen LogP contribution in [-0.4, -0.2) is 50.6 Å². The predicted molar refractivity (Wildman–Crippen MR) is 141 cm³/mol. The van der Waals surface area contributed by atoms with Crippen LogP contribution < -0.4 is 10.1 Å². The number of anilines is 1. The van der Waals surface area contributed by atoms with Crippen molar-refractivity contribution in [2.45, 2.75) is 31.8 Å². The van der Waals surface area contributed by atoms with Crippen LogP contribution in [0, 0.1) is 0 Å².